The van der Waals surface area contributed by atoms with Gasteiger partial charge in [-0.05, 0) is 32.3 Å². The van der Waals surface area contributed by atoms with Crippen molar-refractivity contribution in [2.45, 2.75) is 51.3 Å². The molecule has 2 rings (SSSR count). The predicted octanol–water partition coefficient (Wildman–Crippen LogP) is 5.19. The molecule has 0 N–H and O–H groups in total. The Balaban J connectivity index is 2.56. The van der Waals surface area contributed by atoms with Crippen LogP contribution >= 0.6 is 11.6 Å². The van der Waals surface area contributed by atoms with Crippen molar-refractivity contribution in [3.63, 3.8) is 0 Å². The molecule has 3 heteroatoms. The molecule has 2 aromatic rings. The average molecular weight is 303 g/mol. The SMILES string of the molecule is CCC(CC)(c1ccccc1)c1ncc(C(C)Cl)c(C)n1. The minimum atomic E-state index is -0.125. The van der Waals surface area contributed by atoms with Crippen molar-refractivity contribution < 1.29 is 0 Å². The van der Waals surface area contributed by atoms with E-state index in [0.29, 0.717) is 0 Å². The standard InChI is InChI=1S/C18H23ClN2/c1-5-18(6-2,15-10-8-7-9-11-15)17-20-12-16(13(3)19)14(4)21-17/h7-13H,5-6H2,1-4H3. The van der Waals surface area contributed by atoms with E-state index in [0.717, 1.165) is 29.9 Å². The Hall–Kier alpha value is -1.41. The molecule has 0 saturated carbocycles. The molecule has 1 unspecified atom stereocenters. The van der Waals surface area contributed by atoms with E-state index in [1.807, 2.05) is 26.1 Å². The zero-order valence-electron chi connectivity index (χ0n) is 13.2. The smallest absolute Gasteiger partial charge is 0.139 e. The van der Waals surface area contributed by atoms with E-state index in [-0.39, 0.29) is 10.8 Å². The third-order valence-corrected chi connectivity index (χ3v) is 4.64. The van der Waals surface area contributed by atoms with Gasteiger partial charge in [-0.15, -0.1) is 11.6 Å². The number of rotatable bonds is 5. The van der Waals surface area contributed by atoms with Crippen LogP contribution in [0.5, 0.6) is 0 Å². The van der Waals surface area contributed by atoms with Crippen molar-refractivity contribution in [1.29, 1.82) is 0 Å². The molecule has 1 heterocycles. The fraction of sp³-hybridized carbons (Fsp3) is 0.444. The van der Waals surface area contributed by atoms with Gasteiger partial charge in [0, 0.05) is 17.5 Å². The fourth-order valence-electron chi connectivity index (χ4n) is 2.96. The van der Waals surface area contributed by atoms with Crippen LogP contribution in [-0.4, -0.2) is 9.97 Å². The molecule has 0 aliphatic rings. The van der Waals surface area contributed by atoms with E-state index in [1.54, 1.807) is 0 Å². The van der Waals surface area contributed by atoms with Crippen molar-refractivity contribution in [3.05, 3.63) is 59.2 Å². The van der Waals surface area contributed by atoms with Crippen LogP contribution in [0.15, 0.2) is 36.5 Å². The molecule has 2 nitrogen and oxygen atoms in total. The van der Waals surface area contributed by atoms with Crippen LogP contribution in [0.2, 0.25) is 0 Å². The lowest BCUT2D eigenvalue weighted by Crippen LogP contribution is -2.29. The number of halogens is 1. The molecular weight excluding hydrogens is 280 g/mol. The highest BCUT2D eigenvalue weighted by Crippen LogP contribution is 2.37. The monoisotopic (exact) mass is 302 g/mol. The summed E-state index contributed by atoms with van der Waals surface area (Å²) in [5.74, 6) is 0.900. The summed E-state index contributed by atoms with van der Waals surface area (Å²) in [7, 11) is 0. The van der Waals surface area contributed by atoms with Crippen LogP contribution < -0.4 is 0 Å². The van der Waals surface area contributed by atoms with Crippen molar-refractivity contribution in [2.75, 3.05) is 0 Å². The molecule has 0 aliphatic heterocycles. The Morgan fingerprint density at radius 3 is 2.24 bits per heavy atom. The molecule has 0 saturated heterocycles. The topological polar surface area (TPSA) is 25.8 Å². The van der Waals surface area contributed by atoms with E-state index < -0.39 is 0 Å². The van der Waals surface area contributed by atoms with Crippen molar-refractivity contribution in [2.24, 2.45) is 0 Å². The van der Waals surface area contributed by atoms with Gasteiger partial charge in [-0.1, -0.05) is 44.2 Å². The largest absolute Gasteiger partial charge is 0.240 e. The number of hydrogen-bond acceptors (Lipinski definition) is 2. The highest BCUT2D eigenvalue weighted by atomic mass is 35.5. The summed E-state index contributed by atoms with van der Waals surface area (Å²) in [4.78, 5) is 9.45. The molecule has 1 aromatic heterocycles. The maximum atomic E-state index is 6.18. The lowest BCUT2D eigenvalue weighted by molar-refractivity contribution is 0.447. The van der Waals surface area contributed by atoms with E-state index in [9.17, 15) is 0 Å². The van der Waals surface area contributed by atoms with Gasteiger partial charge in [0.05, 0.1) is 10.8 Å². The molecule has 0 spiro atoms. The Bertz CT molecular complexity index is 589. The van der Waals surface area contributed by atoms with E-state index in [4.69, 9.17) is 16.6 Å². The summed E-state index contributed by atoms with van der Waals surface area (Å²) in [5, 5.41) is -0.0616. The zero-order chi connectivity index (χ0) is 15.5. The lowest BCUT2D eigenvalue weighted by atomic mass is 9.75. The minimum absolute atomic E-state index is 0.0616. The highest BCUT2D eigenvalue weighted by molar-refractivity contribution is 6.20. The Morgan fingerprint density at radius 2 is 1.76 bits per heavy atom. The Labute approximate surface area is 132 Å². The predicted molar refractivity (Wildman–Crippen MR) is 88.8 cm³/mol. The number of nitrogens with zero attached hydrogens (tertiary/aromatic N) is 2. The molecule has 0 radical (unpaired) electrons. The second kappa shape index (κ2) is 6.57. The maximum absolute atomic E-state index is 6.18. The van der Waals surface area contributed by atoms with Gasteiger partial charge in [-0.3, -0.25) is 0 Å². The van der Waals surface area contributed by atoms with Crippen LogP contribution in [0.25, 0.3) is 0 Å². The molecule has 112 valence electrons. The Morgan fingerprint density at radius 1 is 1.14 bits per heavy atom. The summed E-state index contributed by atoms with van der Waals surface area (Å²) in [6.45, 7) is 8.37. The molecule has 1 aromatic carbocycles. The minimum Gasteiger partial charge on any atom is -0.240 e. The first kappa shape index (κ1) is 16.0. The fourth-order valence-corrected chi connectivity index (χ4v) is 3.17. The van der Waals surface area contributed by atoms with Crippen LogP contribution in [0.1, 0.15) is 61.6 Å². The highest BCUT2D eigenvalue weighted by Gasteiger charge is 2.33. The van der Waals surface area contributed by atoms with Gasteiger partial charge in [0.25, 0.3) is 0 Å². The van der Waals surface area contributed by atoms with E-state index in [1.165, 1.54) is 5.56 Å². The van der Waals surface area contributed by atoms with Crippen molar-refractivity contribution in [1.82, 2.24) is 9.97 Å². The molecule has 0 amide bonds. The van der Waals surface area contributed by atoms with Gasteiger partial charge in [0.15, 0.2) is 0 Å². The van der Waals surface area contributed by atoms with Gasteiger partial charge in [0.2, 0.25) is 0 Å². The average Bonchev–Trinajstić information content (AvgIpc) is 2.50. The van der Waals surface area contributed by atoms with E-state index in [2.05, 4.69) is 43.1 Å². The quantitative estimate of drug-likeness (QED) is 0.710. The van der Waals surface area contributed by atoms with Crippen LogP contribution in [0.3, 0.4) is 0 Å². The number of alkyl halides is 1. The first-order chi connectivity index (χ1) is 10.0. The summed E-state index contributed by atoms with van der Waals surface area (Å²) in [6, 6.07) is 10.5. The number of hydrogen-bond donors (Lipinski definition) is 0. The molecular formula is C18H23ClN2. The maximum Gasteiger partial charge on any atom is 0.139 e. The molecule has 0 bridgehead atoms. The zero-order valence-corrected chi connectivity index (χ0v) is 14.0. The van der Waals surface area contributed by atoms with Crippen molar-refractivity contribution in [3.8, 4) is 0 Å². The van der Waals surface area contributed by atoms with Crippen LogP contribution in [-0.2, 0) is 5.41 Å². The first-order valence-electron chi connectivity index (χ1n) is 7.58. The third kappa shape index (κ3) is 2.96. The second-order valence-corrected chi connectivity index (χ2v) is 6.16. The second-order valence-electron chi connectivity index (χ2n) is 5.51. The molecule has 21 heavy (non-hydrogen) atoms. The number of aromatic nitrogens is 2. The summed E-state index contributed by atoms with van der Waals surface area (Å²) in [5.41, 5.74) is 3.14. The Kier molecular flexibility index (Phi) is 5.00. The van der Waals surface area contributed by atoms with E-state index >= 15 is 0 Å². The molecule has 1 atom stereocenters. The van der Waals surface area contributed by atoms with Gasteiger partial charge >= 0.3 is 0 Å². The lowest BCUT2D eigenvalue weighted by Gasteiger charge is -2.31. The van der Waals surface area contributed by atoms with Gasteiger partial charge in [0.1, 0.15) is 5.82 Å². The van der Waals surface area contributed by atoms with Gasteiger partial charge < -0.3 is 0 Å². The molecule has 0 fully saturated rings. The van der Waals surface area contributed by atoms with Crippen LogP contribution in [0, 0.1) is 6.92 Å². The van der Waals surface area contributed by atoms with Crippen LogP contribution in [0.4, 0.5) is 0 Å². The number of benzene rings is 1. The van der Waals surface area contributed by atoms with Gasteiger partial charge in [-0.25, -0.2) is 9.97 Å². The third-order valence-electron chi connectivity index (χ3n) is 4.41. The normalized spacial score (nSPS) is 13.2. The molecule has 0 aliphatic carbocycles. The van der Waals surface area contributed by atoms with Crippen molar-refractivity contribution >= 4 is 11.6 Å². The van der Waals surface area contributed by atoms with Gasteiger partial charge in [-0.2, -0.15) is 0 Å². The summed E-state index contributed by atoms with van der Waals surface area (Å²) in [6.07, 6.45) is 3.84. The summed E-state index contributed by atoms with van der Waals surface area (Å²) < 4.78 is 0. The number of aryl methyl sites for hydroxylation is 1. The first-order valence-corrected chi connectivity index (χ1v) is 8.02. The summed E-state index contributed by atoms with van der Waals surface area (Å²) >= 11 is 6.18.